The quantitative estimate of drug-likeness (QED) is 0.766. The molecule has 0 aromatic rings. The molecule has 0 bridgehead atoms. The fourth-order valence-corrected chi connectivity index (χ4v) is 2.69. The van der Waals surface area contributed by atoms with Crippen molar-refractivity contribution in [3.63, 3.8) is 0 Å². The summed E-state index contributed by atoms with van der Waals surface area (Å²) in [6.07, 6.45) is 3.58. The van der Waals surface area contributed by atoms with E-state index in [1.807, 2.05) is 6.07 Å². The lowest BCUT2D eigenvalue weighted by molar-refractivity contribution is -0.119. The Morgan fingerprint density at radius 1 is 1.50 bits per heavy atom. The van der Waals surface area contributed by atoms with Crippen LogP contribution in [0.3, 0.4) is 0 Å². The third kappa shape index (κ3) is 4.05. The van der Waals surface area contributed by atoms with Gasteiger partial charge in [-0.25, -0.2) is 0 Å². The van der Waals surface area contributed by atoms with Crippen molar-refractivity contribution in [3.05, 3.63) is 0 Å². The van der Waals surface area contributed by atoms with E-state index in [9.17, 15) is 4.79 Å². The topological polar surface area (TPSA) is 52.9 Å². The maximum Gasteiger partial charge on any atom is 0.230 e. The van der Waals surface area contributed by atoms with E-state index in [2.05, 4.69) is 19.2 Å². The number of nitrogens with zero attached hydrogens (tertiary/aromatic N) is 1. The zero-order valence-electron chi connectivity index (χ0n) is 10.0. The molecule has 1 fully saturated rings. The summed E-state index contributed by atoms with van der Waals surface area (Å²) in [5.74, 6) is 2.14. The molecule has 0 saturated heterocycles. The highest BCUT2D eigenvalue weighted by Crippen LogP contribution is 2.29. The minimum absolute atomic E-state index is 0.0752. The van der Waals surface area contributed by atoms with Crippen LogP contribution in [0.25, 0.3) is 0 Å². The van der Waals surface area contributed by atoms with E-state index < -0.39 is 0 Å². The Hall–Kier alpha value is -0.690. The van der Waals surface area contributed by atoms with Crippen molar-refractivity contribution < 1.29 is 4.79 Å². The molecule has 0 unspecified atom stereocenters. The molecule has 1 N–H and O–H groups in total. The largest absolute Gasteiger partial charge is 0.352 e. The molecule has 1 saturated carbocycles. The summed E-state index contributed by atoms with van der Waals surface area (Å²) >= 11 is 1.38. The minimum atomic E-state index is 0.0752. The van der Waals surface area contributed by atoms with Crippen molar-refractivity contribution in [2.24, 2.45) is 11.8 Å². The van der Waals surface area contributed by atoms with E-state index in [1.54, 1.807) is 0 Å². The van der Waals surface area contributed by atoms with Gasteiger partial charge in [-0.3, -0.25) is 4.79 Å². The zero-order valence-corrected chi connectivity index (χ0v) is 10.8. The Balaban J connectivity index is 2.30. The van der Waals surface area contributed by atoms with Crippen LogP contribution < -0.4 is 5.32 Å². The molecule has 3 atom stereocenters. The molecule has 0 spiro atoms. The van der Waals surface area contributed by atoms with Crippen LogP contribution in [-0.4, -0.2) is 23.5 Å². The Morgan fingerprint density at radius 2 is 2.25 bits per heavy atom. The lowest BCUT2D eigenvalue weighted by atomic mass is 9.78. The third-order valence-corrected chi connectivity index (χ3v) is 4.25. The first-order valence-corrected chi connectivity index (χ1v) is 7.04. The minimum Gasteiger partial charge on any atom is -0.352 e. The molecule has 4 heteroatoms. The van der Waals surface area contributed by atoms with E-state index in [0.29, 0.717) is 29.4 Å². The fourth-order valence-electron chi connectivity index (χ4n) is 2.22. The van der Waals surface area contributed by atoms with Crippen molar-refractivity contribution in [2.75, 3.05) is 11.5 Å². The average molecular weight is 240 g/mol. The number of nitrogens with one attached hydrogen (secondary N) is 1. The van der Waals surface area contributed by atoms with Crippen molar-refractivity contribution in [3.8, 4) is 6.07 Å². The van der Waals surface area contributed by atoms with E-state index >= 15 is 0 Å². The molecule has 1 aliphatic rings. The second-order valence-corrected chi connectivity index (χ2v) is 5.58. The van der Waals surface area contributed by atoms with Crippen LogP contribution >= 0.6 is 11.8 Å². The van der Waals surface area contributed by atoms with Crippen LogP contribution in [0.15, 0.2) is 0 Å². The van der Waals surface area contributed by atoms with E-state index in [-0.39, 0.29) is 5.91 Å². The Kier molecular flexibility index (Phi) is 5.68. The molecule has 16 heavy (non-hydrogen) atoms. The Morgan fingerprint density at radius 3 is 2.94 bits per heavy atom. The molecular formula is C12H20N2OS. The third-order valence-electron chi connectivity index (χ3n) is 3.45. The molecule has 1 rings (SSSR count). The van der Waals surface area contributed by atoms with E-state index in [0.717, 1.165) is 6.42 Å². The Labute approximate surface area is 102 Å². The molecule has 3 nitrogen and oxygen atoms in total. The van der Waals surface area contributed by atoms with Gasteiger partial charge in [0, 0.05) is 6.04 Å². The molecule has 0 heterocycles. The predicted molar refractivity (Wildman–Crippen MR) is 67.0 cm³/mol. The van der Waals surface area contributed by atoms with Gasteiger partial charge >= 0.3 is 0 Å². The number of carbonyl (C=O) groups excluding carboxylic acids is 1. The maximum absolute atomic E-state index is 11.6. The van der Waals surface area contributed by atoms with Crippen LogP contribution in [0.5, 0.6) is 0 Å². The first-order valence-electron chi connectivity index (χ1n) is 5.89. The van der Waals surface area contributed by atoms with Crippen molar-refractivity contribution in [2.45, 2.75) is 39.2 Å². The lowest BCUT2D eigenvalue weighted by Gasteiger charge is -2.34. The predicted octanol–water partition coefficient (Wildman–Crippen LogP) is 2.18. The molecule has 0 aliphatic heterocycles. The summed E-state index contributed by atoms with van der Waals surface area (Å²) in [5.41, 5.74) is 0. The molecule has 1 amide bonds. The zero-order chi connectivity index (χ0) is 12.0. The van der Waals surface area contributed by atoms with Gasteiger partial charge in [0.2, 0.25) is 5.91 Å². The van der Waals surface area contributed by atoms with E-state index in [4.69, 9.17) is 5.26 Å². The molecule has 0 aromatic carbocycles. The SMILES string of the molecule is C[C@H]1[C@H](C)CCC[C@H]1NC(=O)CSCC#N. The van der Waals surface area contributed by atoms with E-state index in [1.165, 1.54) is 24.6 Å². The van der Waals surface area contributed by atoms with Crippen LogP contribution in [-0.2, 0) is 4.79 Å². The molecule has 1 aliphatic carbocycles. The smallest absolute Gasteiger partial charge is 0.230 e. The summed E-state index contributed by atoms with van der Waals surface area (Å²) < 4.78 is 0. The molecule has 0 aromatic heterocycles. The number of hydrogen-bond acceptors (Lipinski definition) is 3. The summed E-state index contributed by atoms with van der Waals surface area (Å²) in [6, 6.07) is 2.36. The summed E-state index contributed by atoms with van der Waals surface area (Å²) in [5, 5.41) is 11.5. The summed E-state index contributed by atoms with van der Waals surface area (Å²) in [6.45, 7) is 4.48. The van der Waals surface area contributed by atoms with Gasteiger partial charge in [0.25, 0.3) is 0 Å². The van der Waals surface area contributed by atoms with Gasteiger partial charge in [-0.1, -0.05) is 26.7 Å². The number of hydrogen-bond donors (Lipinski definition) is 1. The summed E-state index contributed by atoms with van der Waals surface area (Å²) in [7, 11) is 0. The number of thioether (sulfide) groups is 1. The van der Waals surface area contributed by atoms with Crippen LogP contribution in [0.2, 0.25) is 0 Å². The van der Waals surface area contributed by atoms with Gasteiger partial charge in [-0.2, -0.15) is 5.26 Å². The first-order chi connectivity index (χ1) is 7.65. The van der Waals surface area contributed by atoms with Crippen LogP contribution in [0, 0.1) is 23.2 Å². The number of carbonyl (C=O) groups is 1. The standard InChI is InChI=1S/C12H20N2OS/c1-9-4-3-5-11(10(9)2)14-12(15)8-16-7-6-13/h9-11H,3-5,7-8H2,1-2H3,(H,14,15)/t9-,10+,11-/m1/s1. The highest BCUT2D eigenvalue weighted by Gasteiger charge is 2.27. The van der Waals surface area contributed by atoms with Gasteiger partial charge in [-0.15, -0.1) is 11.8 Å². The highest BCUT2D eigenvalue weighted by atomic mass is 32.2. The molecule has 90 valence electrons. The normalized spacial score (nSPS) is 29.4. The number of amides is 1. The Bertz CT molecular complexity index is 275. The van der Waals surface area contributed by atoms with Gasteiger partial charge in [0.15, 0.2) is 0 Å². The van der Waals surface area contributed by atoms with Crippen molar-refractivity contribution >= 4 is 17.7 Å². The average Bonchev–Trinajstić information content (AvgIpc) is 2.25. The highest BCUT2D eigenvalue weighted by molar-refractivity contribution is 8.00. The molecule has 0 radical (unpaired) electrons. The van der Waals surface area contributed by atoms with Crippen LogP contribution in [0.1, 0.15) is 33.1 Å². The monoisotopic (exact) mass is 240 g/mol. The first kappa shape index (κ1) is 13.4. The maximum atomic E-state index is 11.6. The van der Waals surface area contributed by atoms with Gasteiger partial charge in [-0.05, 0) is 18.3 Å². The van der Waals surface area contributed by atoms with Crippen molar-refractivity contribution in [1.82, 2.24) is 5.32 Å². The van der Waals surface area contributed by atoms with Crippen LogP contribution in [0.4, 0.5) is 0 Å². The lowest BCUT2D eigenvalue weighted by Crippen LogP contribution is -2.44. The number of rotatable bonds is 4. The van der Waals surface area contributed by atoms with Gasteiger partial charge in [0.05, 0.1) is 17.6 Å². The molecular weight excluding hydrogens is 220 g/mol. The van der Waals surface area contributed by atoms with Gasteiger partial charge < -0.3 is 5.32 Å². The second-order valence-electron chi connectivity index (χ2n) is 4.59. The van der Waals surface area contributed by atoms with Gasteiger partial charge in [0.1, 0.15) is 0 Å². The second kappa shape index (κ2) is 6.80. The fraction of sp³-hybridized carbons (Fsp3) is 0.833. The summed E-state index contributed by atoms with van der Waals surface area (Å²) in [4.78, 5) is 11.6. The number of nitriles is 1. The van der Waals surface area contributed by atoms with Crippen molar-refractivity contribution in [1.29, 1.82) is 5.26 Å².